The van der Waals surface area contributed by atoms with Gasteiger partial charge in [0.15, 0.2) is 0 Å². The minimum Gasteiger partial charge on any atom is -0.490 e. The number of carboxylic acid groups (broad SMARTS) is 2. The van der Waals surface area contributed by atoms with Gasteiger partial charge in [-0.1, -0.05) is 89.5 Å². The van der Waals surface area contributed by atoms with Crippen molar-refractivity contribution in [2.24, 2.45) is 23.7 Å². The predicted molar refractivity (Wildman–Crippen MR) is 224 cm³/mol. The quantitative estimate of drug-likeness (QED) is 0.0632. The first-order chi connectivity index (χ1) is 27.9. The van der Waals surface area contributed by atoms with Crippen LogP contribution in [0.4, 0.5) is 0 Å². The van der Waals surface area contributed by atoms with Crippen LogP contribution in [0.15, 0.2) is 72.8 Å². The largest absolute Gasteiger partial charge is 0.490 e. The van der Waals surface area contributed by atoms with Crippen LogP contribution in [0.1, 0.15) is 151 Å². The molecule has 2 aromatic carbocycles. The monoisotopic (exact) mass is 802 g/mol. The fourth-order valence-corrected chi connectivity index (χ4v) is 8.04. The summed E-state index contributed by atoms with van der Waals surface area (Å²) in [5.74, 6) is -2.07. The molecule has 0 unspecified atom stereocenters. The van der Waals surface area contributed by atoms with Crippen LogP contribution in [0, 0.1) is 23.7 Å². The number of ether oxygens (including phenoxy) is 4. The van der Waals surface area contributed by atoms with Gasteiger partial charge in [-0.25, -0.2) is 19.2 Å². The zero-order valence-electron chi connectivity index (χ0n) is 35.1. The molecule has 0 spiro atoms. The maximum Gasteiger partial charge on any atom is 0.352 e. The van der Waals surface area contributed by atoms with Gasteiger partial charge in [0.1, 0.15) is 24.7 Å². The third kappa shape index (κ3) is 13.5. The number of aliphatic carboxylic acids is 2. The van der Waals surface area contributed by atoms with E-state index >= 15 is 0 Å². The average molecular weight is 803 g/mol. The molecular weight excluding hydrogens is 737 g/mol. The van der Waals surface area contributed by atoms with Gasteiger partial charge in [0, 0.05) is 0 Å². The third-order valence-electron chi connectivity index (χ3n) is 12.2. The topological polar surface area (TPSA) is 146 Å². The smallest absolute Gasteiger partial charge is 0.352 e. The molecule has 4 rings (SSSR count). The number of rotatable bonds is 23. The number of carboxylic acids is 2. The predicted octanol–water partition coefficient (Wildman–Crippen LogP) is 11.0. The molecule has 0 bridgehead atoms. The van der Waals surface area contributed by atoms with Crippen molar-refractivity contribution in [1.82, 2.24) is 0 Å². The van der Waals surface area contributed by atoms with Crippen molar-refractivity contribution in [2.45, 2.75) is 142 Å². The number of hydrogen-bond donors (Lipinski definition) is 2. The van der Waals surface area contributed by atoms with Crippen LogP contribution >= 0.6 is 0 Å². The lowest BCUT2D eigenvalue weighted by Crippen LogP contribution is -2.64. The van der Waals surface area contributed by atoms with E-state index < -0.39 is 35.1 Å². The van der Waals surface area contributed by atoms with Gasteiger partial charge in [0.25, 0.3) is 11.2 Å². The maximum atomic E-state index is 13.2. The van der Waals surface area contributed by atoms with Gasteiger partial charge >= 0.3 is 23.9 Å². The van der Waals surface area contributed by atoms with E-state index in [-0.39, 0.29) is 11.1 Å². The second-order valence-electron chi connectivity index (χ2n) is 16.5. The summed E-state index contributed by atoms with van der Waals surface area (Å²) in [7, 11) is 0. The lowest BCUT2D eigenvalue weighted by Gasteiger charge is -2.38. The van der Waals surface area contributed by atoms with Gasteiger partial charge in [-0.15, -0.1) is 0 Å². The molecule has 318 valence electrons. The van der Waals surface area contributed by atoms with Gasteiger partial charge in [-0.05, 0) is 137 Å². The average Bonchev–Trinajstić information content (AvgIpc) is 3.22. The first-order valence-corrected chi connectivity index (χ1v) is 21.6. The number of carbonyl (C=O) groups excluding carboxylic acids is 2. The van der Waals surface area contributed by atoms with Crippen LogP contribution in [0.5, 0.6) is 11.5 Å². The molecule has 0 heterocycles. The highest BCUT2D eigenvalue weighted by molar-refractivity contribution is 5.99. The molecule has 0 aromatic heterocycles. The summed E-state index contributed by atoms with van der Waals surface area (Å²) in [6, 6.07) is 11.8. The minimum absolute atomic E-state index is 0.0410. The number of carbonyl (C=O) groups is 4. The number of unbranched alkanes of at least 4 members (excludes halogenated alkanes) is 4. The van der Waals surface area contributed by atoms with E-state index in [4.69, 9.17) is 18.9 Å². The van der Waals surface area contributed by atoms with Crippen molar-refractivity contribution in [3.8, 4) is 11.5 Å². The third-order valence-corrected chi connectivity index (χ3v) is 12.2. The van der Waals surface area contributed by atoms with Gasteiger partial charge in [-0.2, -0.15) is 0 Å². The molecule has 10 nitrogen and oxygen atoms in total. The van der Waals surface area contributed by atoms with E-state index in [1.165, 1.54) is 127 Å². The zero-order valence-corrected chi connectivity index (χ0v) is 35.1. The molecule has 2 aromatic rings. The summed E-state index contributed by atoms with van der Waals surface area (Å²) < 4.78 is 22.4. The molecule has 10 heteroatoms. The van der Waals surface area contributed by atoms with Crippen molar-refractivity contribution < 1.29 is 48.3 Å². The highest BCUT2D eigenvalue weighted by atomic mass is 16.6. The van der Waals surface area contributed by atoms with E-state index in [1.807, 2.05) is 12.2 Å². The molecule has 2 saturated carbocycles. The molecule has 0 amide bonds. The van der Waals surface area contributed by atoms with E-state index in [0.29, 0.717) is 36.5 Å². The molecule has 58 heavy (non-hydrogen) atoms. The summed E-state index contributed by atoms with van der Waals surface area (Å²) >= 11 is 0. The van der Waals surface area contributed by atoms with Crippen molar-refractivity contribution in [3.63, 3.8) is 0 Å². The van der Waals surface area contributed by atoms with Crippen LogP contribution in [-0.4, -0.2) is 58.5 Å². The van der Waals surface area contributed by atoms with Crippen LogP contribution < -0.4 is 9.47 Å². The Morgan fingerprint density at radius 2 is 0.914 bits per heavy atom. The Bertz CT molecular complexity index is 1520. The highest BCUT2D eigenvalue weighted by Gasteiger charge is 2.62. The van der Waals surface area contributed by atoms with Gasteiger partial charge < -0.3 is 29.2 Å². The highest BCUT2D eigenvalue weighted by Crippen LogP contribution is 2.35. The Labute approximate surface area is 345 Å². The molecule has 2 aliphatic rings. The molecular formula is C48H66O10. The zero-order chi connectivity index (χ0) is 42.0. The van der Waals surface area contributed by atoms with E-state index in [0.717, 1.165) is 25.7 Å². The van der Waals surface area contributed by atoms with E-state index in [2.05, 4.69) is 26.0 Å². The molecule has 0 aliphatic heterocycles. The van der Waals surface area contributed by atoms with E-state index in [1.54, 1.807) is 24.3 Å². The minimum atomic E-state index is -2.82. The molecule has 2 aliphatic carbocycles. The Kier molecular flexibility index (Phi) is 18.4. The molecule has 0 radical (unpaired) electrons. The number of allylic oxidation sites excluding steroid dienone is 2. The normalized spacial score (nSPS) is 21.8. The molecule has 0 saturated heterocycles. The lowest BCUT2D eigenvalue weighted by molar-refractivity contribution is -0.200. The van der Waals surface area contributed by atoms with Gasteiger partial charge in [0.05, 0.1) is 11.1 Å². The SMILES string of the molecule is CCCCCC1CCC(C=CCOc2ccc(C(=O)O[C@@](C)(C(=O)O)[C@@](C)(OC(=O)c3ccc(OCC=CC4CCC(CCCCC)CC4)cc3)C(=O)O)cc2)CC1. The van der Waals surface area contributed by atoms with Crippen LogP contribution in [0.3, 0.4) is 0 Å². The van der Waals surface area contributed by atoms with Crippen LogP contribution in [0.25, 0.3) is 0 Å². The van der Waals surface area contributed by atoms with Crippen LogP contribution in [-0.2, 0) is 19.1 Å². The van der Waals surface area contributed by atoms with Crippen molar-refractivity contribution >= 4 is 23.9 Å². The standard InChI is InChI=1S/C48H66O10/c1-5-7-9-13-35-17-21-37(22-18-35)15-11-33-55-41-29-25-39(26-30-41)43(49)57-47(3,45(51)52)48(4,46(53)54)58-44(50)40-27-31-42(32-28-40)56-34-12-16-38-23-19-36(20-24-38)14-10-8-6-2/h11-12,15-16,25-32,35-38H,5-10,13-14,17-24,33-34H2,1-4H3,(H,51,52)(H,53,54)/t35?,36?,37?,38?,47-,48-/m0/s1. The first kappa shape index (κ1) is 46.1. The molecule has 2 atom stereocenters. The summed E-state index contributed by atoms with van der Waals surface area (Å²) in [5.41, 5.74) is -5.71. The second-order valence-corrected chi connectivity index (χ2v) is 16.5. The number of benzene rings is 2. The fraction of sp³-hybridized carbons (Fsp3) is 0.583. The Morgan fingerprint density at radius 3 is 1.22 bits per heavy atom. The van der Waals surface area contributed by atoms with Gasteiger partial charge in [0.2, 0.25) is 0 Å². The fourth-order valence-electron chi connectivity index (χ4n) is 8.04. The molecule has 2 fully saturated rings. The Balaban J connectivity index is 1.26. The molecule has 2 N–H and O–H groups in total. The maximum absolute atomic E-state index is 13.2. The van der Waals surface area contributed by atoms with Gasteiger partial charge in [-0.3, -0.25) is 0 Å². The second kappa shape index (κ2) is 23.1. The Hall–Kier alpha value is -4.60. The van der Waals surface area contributed by atoms with Crippen molar-refractivity contribution in [2.75, 3.05) is 13.2 Å². The summed E-state index contributed by atoms with van der Waals surface area (Å²) in [6.07, 6.45) is 28.8. The first-order valence-electron chi connectivity index (χ1n) is 21.6. The summed E-state index contributed by atoms with van der Waals surface area (Å²) in [5, 5.41) is 20.4. The van der Waals surface area contributed by atoms with Crippen molar-refractivity contribution in [1.29, 1.82) is 0 Å². The van der Waals surface area contributed by atoms with Crippen LogP contribution in [0.2, 0.25) is 0 Å². The summed E-state index contributed by atoms with van der Waals surface area (Å²) in [4.78, 5) is 51.7. The Morgan fingerprint density at radius 1 is 0.569 bits per heavy atom. The van der Waals surface area contributed by atoms with E-state index in [9.17, 15) is 29.4 Å². The number of hydrogen-bond acceptors (Lipinski definition) is 8. The summed E-state index contributed by atoms with van der Waals surface area (Å²) in [6.45, 7) is 6.96. The lowest BCUT2D eigenvalue weighted by atomic mass is 9.79. The van der Waals surface area contributed by atoms with Crippen molar-refractivity contribution in [3.05, 3.63) is 84.0 Å². The number of esters is 2.